The molecule has 5 heteroatoms. The third kappa shape index (κ3) is 4.13. The van der Waals surface area contributed by atoms with Gasteiger partial charge in [0.2, 0.25) is 0 Å². The van der Waals surface area contributed by atoms with E-state index in [1.165, 1.54) is 5.56 Å². The maximum Gasteiger partial charge on any atom is 0.109 e. The van der Waals surface area contributed by atoms with E-state index in [2.05, 4.69) is 31.2 Å². The maximum atomic E-state index is 11.2. The fraction of sp³-hybridized carbons (Fsp3) is 0.375. The van der Waals surface area contributed by atoms with Crippen LogP contribution in [0.4, 0.5) is 0 Å². The molecular formula is C24H28N2O3. The van der Waals surface area contributed by atoms with E-state index in [1.807, 2.05) is 35.0 Å². The minimum atomic E-state index is -1.00. The molecule has 1 aliphatic carbocycles. The Morgan fingerprint density at radius 2 is 1.72 bits per heavy atom. The van der Waals surface area contributed by atoms with Crippen LogP contribution in [0.25, 0.3) is 16.9 Å². The second kappa shape index (κ2) is 8.11. The molecule has 1 heterocycles. The standard InChI is InChI=1S/C24H28N2O3/c1-17-3-7-19(8-4-17)22-15-23(24(28)13-11-21(27)12-14-24)25-26(22)20-9-5-18(6-10-20)16-29-2/h3-10,15,21,27-28H,11-14,16H2,1-2H3. The summed E-state index contributed by atoms with van der Waals surface area (Å²) in [4.78, 5) is 0. The van der Waals surface area contributed by atoms with Gasteiger partial charge in [-0.15, -0.1) is 0 Å². The lowest BCUT2D eigenvalue weighted by Crippen LogP contribution is -2.33. The molecule has 4 rings (SSSR count). The van der Waals surface area contributed by atoms with E-state index >= 15 is 0 Å². The first-order chi connectivity index (χ1) is 14.0. The molecule has 0 saturated heterocycles. The summed E-state index contributed by atoms with van der Waals surface area (Å²) in [6.07, 6.45) is 1.89. The van der Waals surface area contributed by atoms with Crippen LogP contribution in [0, 0.1) is 6.92 Å². The van der Waals surface area contributed by atoms with Gasteiger partial charge in [-0.25, -0.2) is 4.68 Å². The lowest BCUT2D eigenvalue weighted by molar-refractivity contribution is -0.0393. The van der Waals surface area contributed by atoms with Crippen LogP contribution in [0.1, 0.15) is 42.5 Å². The number of ether oxygens (including phenoxy) is 1. The fourth-order valence-electron chi connectivity index (χ4n) is 3.97. The van der Waals surface area contributed by atoms with Gasteiger partial charge in [-0.3, -0.25) is 0 Å². The molecule has 0 atom stereocenters. The zero-order chi connectivity index (χ0) is 20.4. The molecule has 2 N–H and O–H groups in total. The Labute approximate surface area is 171 Å². The summed E-state index contributed by atoms with van der Waals surface area (Å²) in [6, 6.07) is 18.4. The molecule has 0 aliphatic heterocycles. The molecule has 2 aromatic carbocycles. The highest BCUT2D eigenvalue weighted by molar-refractivity contribution is 5.63. The molecule has 0 bridgehead atoms. The van der Waals surface area contributed by atoms with Gasteiger partial charge in [0, 0.05) is 12.7 Å². The normalized spacial score (nSPS) is 22.0. The van der Waals surface area contributed by atoms with Crippen molar-refractivity contribution in [2.45, 2.75) is 50.9 Å². The summed E-state index contributed by atoms with van der Waals surface area (Å²) in [6.45, 7) is 2.63. The number of aliphatic hydroxyl groups is 2. The Bertz CT molecular complexity index is 953. The van der Waals surface area contributed by atoms with Crippen molar-refractivity contribution in [2.75, 3.05) is 7.11 Å². The first-order valence-corrected chi connectivity index (χ1v) is 10.1. The van der Waals surface area contributed by atoms with E-state index in [-0.39, 0.29) is 6.10 Å². The van der Waals surface area contributed by atoms with E-state index in [9.17, 15) is 10.2 Å². The zero-order valence-corrected chi connectivity index (χ0v) is 17.0. The second-order valence-corrected chi connectivity index (χ2v) is 8.05. The van der Waals surface area contributed by atoms with Gasteiger partial charge in [0.1, 0.15) is 5.60 Å². The minimum absolute atomic E-state index is 0.331. The average Bonchev–Trinajstić information content (AvgIpc) is 3.18. The summed E-state index contributed by atoms with van der Waals surface area (Å²) < 4.78 is 7.11. The Morgan fingerprint density at radius 3 is 2.34 bits per heavy atom. The second-order valence-electron chi connectivity index (χ2n) is 8.05. The molecular weight excluding hydrogens is 364 g/mol. The molecule has 0 amide bonds. The summed E-state index contributed by atoms with van der Waals surface area (Å²) in [7, 11) is 1.69. The number of hydrogen-bond donors (Lipinski definition) is 2. The monoisotopic (exact) mass is 392 g/mol. The van der Waals surface area contributed by atoms with Crippen molar-refractivity contribution in [3.8, 4) is 16.9 Å². The molecule has 1 fully saturated rings. The van der Waals surface area contributed by atoms with E-state index in [0.29, 0.717) is 38.0 Å². The molecule has 0 radical (unpaired) electrons. The van der Waals surface area contributed by atoms with Crippen molar-refractivity contribution in [1.82, 2.24) is 9.78 Å². The van der Waals surface area contributed by atoms with Gasteiger partial charge in [-0.1, -0.05) is 42.0 Å². The number of rotatable bonds is 5. The zero-order valence-electron chi connectivity index (χ0n) is 17.0. The van der Waals surface area contributed by atoms with Crippen molar-refractivity contribution in [2.24, 2.45) is 0 Å². The minimum Gasteiger partial charge on any atom is -0.393 e. The van der Waals surface area contributed by atoms with Crippen LogP contribution in [0.15, 0.2) is 54.6 Å². The molecule has 152 valence electrons. The molecule has 5 nitrogen and oxygen atoms in total. The highest BCUT2D eigenvalue weighted by atomic mass is 16.5. The average molecular weight is 392 g/mol. The van der Waals surface area contributed by atoms with E-state index in [0.717, 1.165) is 22.5 Å². The fourth-order valence-corrected chi connectivity index (χ4v) is 3.97. The summed E-state index contributed by atoms with van der Waals surface area (Å²) in [5, 5.41) is 25.9. The van der Waals surface area contributed by atoms with Crippen LogP contribution in [0.2, 0.25) is 0 Å². The predicted molar refractivity (Wildman–Crippen MR) is 113 cm³/mol. The Kier molecular flexibility index (Phi) is 5.54. The lowest BCUT2D eigenvalue weighted by atomic mass is 9.81. The van der Waals surface area contributed by atoms with Crippen molar-refractivity contribution in [1.29, 1.82) is 0 Å². The van der Waals surface area contributed by atoms with Crippen LogP contribution in [0.3, 0.4) is 0 Å². The summed E-state index contributed by atoms with van der Waals surface area (Å²) in [5.41, 5.74) is 4.89. The van der Waals surface area contributed by atoms with Gasteiger partial charge in [0.15, 0.2) is 0 Å². The third-order valence-corrected chi connectivity index (χ3v) is 5.81. The Balaban J connectivity index is 1.77. The number of benzene rings is 2. The molecule has 0 unspecified atom stereocenters. The van der Waals surface area contributed by atoms with Crippen LogP contribution in [-0.4, -0.2) is 33.2 Å². The van der Waals surface area contributed by atoms with Gasteiger partial charge < -0.3 is 14.9 Å². The smallest absolute Gasteiger partial charge is 0.109 e. The highest BCUT2D eigenvalue weighted by Gasteiger charge is 2.37. The summed E-state index contributed by atoms with van der Waals surface area (Å²) >= 11 is 0. The van der Waals surface area contributed by atoms with Crippen molar-refractivity contribution >= 4 is 0 Å². The van der Waals surface area contributed by atoms with E-state index in [1.54, 1.807) is 7.11 Å². The van der Waals surface area contributed by atoms with Crippen molar-refractivity contribution in [3.05, 3.63) is 71.4 Å². The summed E-state index contributed by atoms with van der Waals surface area (Å²) in [5.74, 6) is 0. The maximum absolute atomic E-state index is 11.2. The largest absolute Gasteiger partial charge is 0.393 e. The number of hydrogen-bond acceptors (Lipinski definition) is 4. The molecule has 1 aromatic heterocycles. The topological polar surface area (TPSA) is 67.5 Å². The van der Waals surface area contributed by atoms with Crippen molar-refractivity contribution in [3.63, 3.8) is 0 Å². The lowest BCUT2D eigenvalue weighted by Gasteiger charge is -2.32. The highest BCUT2D eigenvalue weighted by Crippen LogP contribution is 2.38. The van der Waals surface area contributed by atoms with E-state index < -0.39 is 5.60 Å². The Morgan fingerprint density at radius 1 is 1.07 bits per heavy atom. The van der Waals surface area contributed by atoms with Crippen LogP contribution >= 0.6 is 0 Å². The van der Waals surface area contributed by atoms with Gasteiger partial charge >= 0.3 is 0 Å². The molecule has 1 aliphatic rings. The van der Waals surface area contributed by atoms with Crippen LogP contribution < -0.4 is 0 Å². The number of nitrogens with zero attached hydrogens (tertiary/aromatic N) is 2. The van der Waals surface area contributed by atoms with Crippen molar-refractivity contribution < 1.29 is 14.9 Å². The number of aromatic nitrogens is 2. The van der Waals surface area contributed by atoms with E-state index in [4.69, 9.17) is 9.84 Å². The number of aryl methyl sites for hydroxylation is 1. The van der Waals surface area contributed by atoms with Gasteiger partial charge in [0.25, 0.3) is 0 Å². The van der Waals surface area contributed by atoms with Crippen LogP contribution in [-0.2, 0) is 16.9 Å². The first kappa shape index (κ1) is 19.8. The van der Waals surface area contributed by atoms with Gasteiger partial charge in [0.05, 0.1) is 29.8 Å². The number of methoxy groups -OCH3 is 1. The molecule has 29 heavy (non-hydrogen) atoms. The predicted octanol–water partition coefficient (Wildman–Crippen LogP) is 4.12. The number of aliphatic hydroxyl groups excluding tert-OH is 1. The quantitative estimate of drug-likeness (QED) is 0.686. The SMILES string of the molecule is COCc1ccc(-n2nc(C3(O)CCC(O)CC3)cc2-c2ccc(C)cc2)cc1. The van der Waals surface area contributed by atoms with Gasteiger partial charge in [-0.05, 0) is 56.4 Å². The first-order valence-electron chi connectivity index (χ1n) is 10.1. The van der Waals surface area contributed by atoms with Gasteiger partial charge in [-0.2, -0.15) is 5.10 Å². The Hall–Kier alpha value is -2.47. The third-order valence-electron chi connectivity index (χ3n) is 5.81. The molecule has 3 aromatic rings. The van der Waals surface area contributed by atoms with Crippen LogP contribution in [0.5, 0.6) is 0 Å². The molecule has 1 saturated carbocycles. The molecule has 0 spiro atoms.